The van der Waals surface area contributed by atoms with Crippen LogP contribution in [0, 0.1) is 5.41 Å². The molecule has 0 saturated heterocycles. The molecule has 3 nitrogen and oxygen atoms in total. The van der Waals surface area contributed by atoms with E-state index in [-0.39, 0.29) is 5.41 Å². The van der Waals surface area contributed by atoms with Crippen LogP contribution in [0.4, 0.5) is 5.82 Å². The average Bonchev–Trinajstić information content (AvgIpc) is 2.24. The van der Waals surface area contributed by atoms with Gasteiger partial charge in [0, 0.05) is 26.2 Å². The van der Waals surface area contributed by atoms with Gasteiger partial charge in [0.2, 0.25) is 0 Å². The lowest BCUT2D eigenvalue weighted by Crippen LogP contribution is -2.30. The predicted molar refractivity (Wildman–Crippen MR) is 78.9 cm³/mol. The van der Waals surface area contributed by atoms with Crippen LogP contribution in [-0.2, 0) is 6.54 Å². The fourth-order valence-electron chi connectivity index (χ4n) is 1.88. The number of aromatic nitrogens is 1. The summed E-state index contributed by atoms with van der Waals surface area (Å²) in [5.74, 6) is 1.05. The van der Waals surface area contributed by atoms with Gasteiger partial charge in [-0.15, -0.1) is 0 Å². The highest BCUT2D eigenvalue weighted by Crippen LogP contribution is 2.18. The van der Waals surface area contributed by atoms with Gasteiger partial charge >= 0.3 is 0 Å². The van der Waals surface area contributed by atoms with Crippen LogP contribution in [0.15, 0.2) is 18.2 Å². The Morgan fingerprint density at radius 3 is 2.50 bits per heavy atom. The van der Waals surface area contributed by atoms with Crippen molar-refractivity contribution in [1.29, 1.82) is 0 Å². The van der Waals surface area contributed by atoms with Crippen LogP contribution in [0.25, 0.3) is 0 Å². The largest absolute Gasteiger partial charge is 0.359 e. The van der Waals surface area contributed by atoms with Gasteiger partial charge in [-0.1, -0.05) is 40.7 Å². The molecule has 1 rings (SSSR count). The van der Waals surface area contributed by atoms with Crippen LogP contribution in [0.2, 0.25) is 0 Å². The molecular formula is C15H27N3. The van der Waals surface area contributed by atoms with Gasteiger partial charge in [-0.05, 0) is 17.5 Å². The summed E-state index contributed by atoms with van der Waals surface area (Å²) in [4.78, 5) is 6.91. The summed E-state index contributed by atoms with van der Waals surface area (Å²) < 4.78 is 0. The minimum atomic E-state index is 0.280. The Morgan fingerprint density at radius 1 is 1.28 bits per heavy atom. The Bertz CT molecular complexity index is 366. The number of rotatable bonds is 5. The lowest BCUT2D eigenvalue weighted by atomic mass is 9.96. The third-order valence-corrected chi connectivity index (χ3v) is 2.59. The molecule has 0 radical (unpaired) electrons. The van der Waals surface area contributed by atoms with Crippen LogP contribution in [0.3, 0.4) is 0 Å². The summed E-state index contributed by atoms with van der Waals surface area (Å²) in [7, 11) is 2.10. The summed E-state index contributed by atoms with van der Waals surface area (Å²) >= 11 is 0. The second-order valence-electron chi connectivity index (χ2n) is 6.44. The lowest BCUT2D eigenvalue weighted by Gasteiger charge is -2.27. The van der Waals surface area contributed by atoms with Crippen LogP contribution in [-0.4, -0.2) is 24.6 Å². The van der Waals surface area contributed by atoms with E-state index in [4.69, 9.17) is 4.98 Å². The molecule has 3 heteroatoms. The number of pyridine rings is 1. The Balaban J connectivity index is 2.69. The fourth-order valence-corrected chi connectivity index (χ4v) is 1.88. The first kappa shape index (κ1) is 15.0. The molecular weight excluding hydrogens is 222 g/mol. The summed E-state index contributed by atoms with van der Waals surface area (Å²) in [5.41, 5.74) is 1.38. The maximum absolute atomic E-state index is 4.69. The highest BCUT2D eigenvalue weighted by Gasteiger charge is 2.14. The molecule has 0 saturated carbocycles. The van der Waals surface area contributed by atoms with E-state index < -0.39 is 0 Å². The van der Waals surface area contributed by atoms with E-state index in [9.17, 15) is 0 Å². The molecule has 1 aromatic rings. The number of nitrogens with zero attached hydrogens (tertiary/aromatic N) is 2. The molecule has 102 valence electrons. The van der Waals surface area contributed by atoms with Crippen molar-refractivity contribution in [2.45, 2.75) is 47.2 Å². The average molecular weight is 249 g/mol. The van der Waals surface area contributed by atoms with Crippen molar-refractivity contribution in [3.63, 3.8) is 0 Å². The van der Waals surface area contributed by atoms with Crippen LogP contribution in [0.1, 0.15) is 40.3 Å². The van der Waals surface area contributed by atoms with Gasteiger partial charge < -0.3 is 10.2 Å². The Hall–Kier alpha value is -1.09. The third kappa shape index (κ3) is 5.50. The van der Waals surface area contributed by atoms with Crippen molar-refractivity contribution < 1.29 is 0 Å². The molecule has 1 N–H and O–H groups in total. The first-order valence-corrected chi connectivity index (χ1v) is 6.68. The second kappa shape index (κ2) is 6.19. The number of anilines is 1. The quantitative estimate of drug-likeness (QED) is 0.869. The molecule has 18 heavy (non-hydrogen) atoms. The van der Waals surface area contributed by atoms with Crippen molar-refractivity contribution in [3.05, 3.63) is 23.9 Å². The predicted octanol–water partition coefficient (Wildman–Crippen LogP) is 3.06. The second-order valence-corrected chi connectivity index (χ2v) is 6.44. The van der Waals surface area contributed by atoms with E-state index in [1.807, 2.05) is 0 Å². The van der Waals surface area contributed by atoms with Gasteiger partial charge in [0.1, 0.15) is 5.82 Å². The van der Waals surface area contributed by atoms with Gasteiger partial charge in [0.05, 0.1) is 5.69 Å². The Morgan fingerprint density at radius 2 is 1.94 bits per heavy atom. The third-order valence-electron chi connectivity index (χ3n) is 2.59. The van der Waals surface area contributed by atoms with E-state index >= 15 is 0 Å². The molecule has 0 aliphatic rings. The number of nitrogens with one attached hydrogen (secondary N) is 1. The zero-order chi connectivity index (χ0) is 13.8. The molecule has 0 atom stereocenters. The summed E-state index contributed by atoms with van der Waals surface area (Å²) in [6.45, 7) is 12.9. The molecule has 0 aliphatic carbocycles. The van der Waals surface area contributed by atoms with Crippen molar-refractivity contribution in [2.75, 3.05) is 18.5 Å². The topological polar surface area (TPSA) is 28.2 Å². The molecule has 1 aromatic heterocycles. The smallest absolute Gasteiger partial charge is 0.128 e. The Labute approximate surface area is 112 Å². The summed E-state index contributed by atoms with van der Waals surface area (Å²) in [6.07, 6.45) is 0. The van der Waals surface area contributed by atoms with Gasteiger partial charge in [0.25, 0.3) is 0 Å². The summed E-state index contributed by atoms with van der Waals surface area (Å²) in [6, 6.07) is 6.72. The fraction of sp³-hybridized carbons (Fsp3) is 0.667. The van der Waals surface area contributed by atoms with Gasteiger partial charge in [-0.3, -0.25) is 0 Å². The van der Waals surface area contributed by atoms with E-state index in [2.05, 4.69) is 70.1 Å². The number of hydrogen-bond donors (Lipinski definition) is 1. The molecule has 0 fully saturated rings. The van der Waals surface area contributed by atoms with Crippen LogP contribution in [0.5, 0.6) is 0 Å². The van der Waals surface area contributed by atoms with Crippen molar-refractivity contribution in [1.82, 2.24) is 10.3 Å². The zero-order valence-electron chi connectivity index (χ0n) is 12.6. The standard InChI is InChI=1S/C15H27N3/c1-12(2)16-10-13-8-7-9-14(17-13)18(6)11-15(3,4)5/h7-9,12,16H,10-11H2,1-6H3. The van der Waals surface area contributed by atoms with Crippen molar-refractivity contribution in [3.8, 4) is 0 Å². The molecule has 1 heterocycles. The molecule has 0 unspecified atom stereocenters. The molecule has 0 aromatic carbocycles. The SMILES string of the molecule is CC(C)NCc1cccc(N(C)CC(C)(C)C)n1. The maximum Gasteiger partial charge on any atom is 0.128 e. The molecule has 0 spiro atoms. The normalized spacial score (nSPS) is 11.9. The van der Waals surface area contributed by atoms with E-state index in [0.29, 0.717) is 6.04 Å². The maximum atomic E-state index is 4.69. The highest BCUT2D eigenvalue weighted by atomic mass is 15.2. The zero-order valence-corrected chi connectivity index (χ0v) is 12.6. The molecule has 0 amide bonds. The van der Waals surface area contributed by atoms with Crippen molar-refractivity contribution in [2.24, 2.45) is 5.41 Å². The van der Waals surface area contributed by atoms with Gasteiger partial charge in [-0.25, -0.2) is 4.98 Å². The molecule has 0 bridgehead atoms. The van der Waals surface area contributed by atoms with Crippen molar-refractivity contribution >= 4 is 5.82 Å². The van der Waals surface area contributed by atoms with Crippen LogP contribution >= 0.6 is 0 Å². The number of hydrogen-bond acceptors (Lipinski definition) is 3. The Kier molecular flexibility index (Phi) is 5.15. The lowest BCUT2D eigenvalue weighted by molar-refractivity contribution is 0.417. The first-order chi connectivity index (χ1) is 8.28. The minimum absolute atomic E-state index is 0.280. The first-order valence-electron chi connectivity index (χ1n) is 6.68. The monoisotopic (exact) mass is 249 g/mol. The highest BCUT2D eigenvalue weighted by molar-refractivity contribution is 5.38. The van der Waals surface area contributed by atoms with Gasteiger partial charge in [-0.2, -0.15) is 0 Å². The van der Waals surface area contributed by atoms with Gasteiger partial charge in [0.15, 0.2) is 0 Å². The van der Waals surface area contributed by atoms with E-state index in [1.165, 1.54) is 0 Å². The summed E-state index contributed by atoms with van der Waals surface area (Å²) in [5, 5.41) is 3.40. The van der Waals surface area contributed by atoms with Crippen LogP contribution < -0.4 is 10.2 Å². The minimum Gasteiger partial charge on any atom is -0.359 e. The molecule has 0 aliphatic heterocycles. The van der Waals surface area contributed by atoms with E-state index in [0.717, 1.165) is 24.6 Å². The van der Waals surface area contributed by atoms with E-state index in [1.54, 1.807) is 0 Å².